The molecule has 0 saturated carbocycles. The van der Waals surface area contributed by atoms with Crippen molar-refractivity contribution < 1.29 is 19.1 Å². The summed E-state index contributed by atoms with van der Waals surface area (Å²) in [6, 6.07) is -0.160. The van der Waals surface area contributed by atoms with E-state index < -0.39 is 30.4 Å². The lowest BCUT2D eigenvalue weighted by atomic mass is 10.0. The van der Waals surface area contributed by atoms with Crippen LogP contribution >= 0.6 is 0 Å². The van der Waals surface area contributed by atoms with Gasteiger partial charge in [0.15, 0.2) is 6.61 Å². The summed E-state index contributed by atoms with van der Waals surface area (Å²) in [6.07, 6.45) is 0.312. The van der Waals surface area contributed by atoms with Gasteiger partial charge in [-0.2, -0.15) is 5.26 Å². The number of hydrogen-bond acceptors (Lipinski definition) is 6. The fourth-order valence-electron chi connectivity index (χ4n) is 1.54. The molecule has 116 valence electrons. The van der Waals surface area contributed by atoms with E-state index in [1.54, 1.807) is 6.07 Å². The Morgan fingerprint density at radius 1 is 1.29 bits per heavy atom. The smallest absolute Gasteiger partial charge is 0.329 e. The molecule has 0 bridgehead atoms. The zero-order valence-corrected chi connectivity index (χ0v) is 12.3. The first kappa shape index (κ1) is 18.4. The van der Waals surface area contributed by atoms with Gasteiger partial charge in [0.05, 0.1) is 0 Å². The van der Waals surface area contributed by atoms with Gasteiger partial charge in [0.2, 0.25) is 5.78 Å². The maximum atomic E-state index is 11.8. The number of nitrogens with zero attached hydrogens (tertiary/aromatic N) is 1. The Kier molecular flexibility index (Phi) is 7.53. The number of primary amides is 1. The lowest BCUT2D eigenvalue weighted by molar-refractivity contribution is -0.149. The van der Waals surface area contributed by atoms with E-state index in [0.29, 0.717) is 6.42 Å². The number of rotatable bonds is 7. The standard InChI is InChI=1S/C13H20N4O4/c1-7(2)4-10(17-13(16)20)12(19)21-6-11(18)9(5-14)8(3)15/h7,10H,4,6,15H2,1-3H3,(H3,16,17,20)/b9-8-/t10-/m0/s1. The predicted molar refractivity (Wildman–Crippen MR) is 74.4 cm³/mol. The number of esters is 1. The van der Waals surface area contributed by atoms with Crippen LogP contribution in [0.15, 0.2) is 11.3 Å². The molecule has 8 nitrogen and oxygen atoms in total. The molecule has 0 aromatic carbocycles. The van der Waals surface area contributed by atoms with Crippen molar-refractivity contribution in [1.29, 1.82) is 5.26 Å². The first-order chi connectivity index (χ1) is 9.68. The van der Waals surface area contributed by atoms with Crippen molar-refractivity contribution in [2.45, 2.75) is 33.2 Å². The number of hydrogen-bond donors (Lipinski definition) is 3. The summed E-state index contributed by atoms with van der Waals surface area (Å²) >= 11 is 0. The van der Waals surface area contributed by atoms with Crippen LogP contribution in [0.1, 0.15) is 27.2 Å². The first-order valence-corrected chi connectivity index (χ1v) is 6.31. The fourth-order valence-corrected chi connectivity index (χ4v) is 1.54. The van der Waals surface area contributed by atoms with Gasteiger partial charge in [-0.25, -0.2) is 9.59 Å². The minimum atomic E-state index is -0.941. The highest BCUT2D eigenvalue weighted by atomic mass is 16.5. The quantitative estimate of drug-likeness (QED) is 0.340. The molecule has 8 heteroatoms. The molecular weight excluding hydrogens is 276 g/mol. The molecule has 2 amide bonds. The second-order valence-corrected chi connectivity index (χ2v) is 4.89. The molecule has 0 spiro atoms. The van der Waals surface area contributed by atoms with Crippen LogP contribution in [0.25, 0.3) is 0 Å². The largest absolute Gasteiger partial charge is 0.456 e. The second kappa shape index (κ2) is 8.58. The Morgan fingerprint density at radius 3 is 2.24 bits per heavy atom. The summed E-state index contributed by atoms with van der Waals surface area (Å²) in [5, 5.41) is 11.0. The van der Waals surface area contributed by atoms with Crippen molar-refractivity contribution in [3.8, 4) is 6.07 Å². The van der Waals surface area contributed by atoms with Crippen LogP contribution in [0.5, 0.6) is 0 Å². The Morgan fingerprint density at radius 2 is 1.86 bits per heavy atom. The zero-order valence-electron chi connectivity index (χ0n) is 12.3. The normalized spacial score (nSPS) is 12.9. The van der Waals surface area contributed by atoms with Crippen molar-refractivity contribution in [3.63, 3.8) is 0 Å². The van der Waals surface area contributed by atoms with Crippen molar-refractivity contribution in [2.24, 2.45) is 17.4 Å². The molecule has 21 heavy (non-hydrogen) atoms. The van der Waals surface area contributed by atoms with Crippen molar-refractivity contribution in [3.05, 3.63) is 11.3 Å². The highest BCUT2D eigenvalue weighted by Gasteiger charge is 2.24. The summed E-state index contributed by atoms with van der Waals surface area (Å²) in [5.41, 5.74) is 10.1. The van der Waals surface area contributed by atoms with Crippen LogP contribution in [0.2, 0.25) is 0 Å². The molecule has 0 aliphatic carbocycles. The van der Waals surface area contributed by atoms with E-state index in [0.717, 1.165) is 0 Å². The Hall–Kier alpha value is -2.56. The molecule has 0 aliphatic rings. The molecule has 5 N–H and O–H groups in total. The average molecular weight is 296 g/mol. The average Bonchev–Trinajstić information content (AvgIpc) is 2.34. The summed E-state index contributed by atoms with van der Waals surface area (Å²) in [7, 11) is 0. The van der Waals surface area contributed by atoms with Gasteiger partial charge in [-0.15, -0.1) is 0 Å². The third-order valence-corrected chi connectivity index (χ3v) is 2.44. The van der Waals surface area contributed by atoms with E-state index in [1.807, 2.05) is 13.8 Å². The van der Waals surface area contributed by atoms with E-state index >= 15 is 0 Å². The van der Waals surface area contributed by atoms with Crippen LogP contribution in [0.4, 0.5) is 4.79 Å². The molecule has 0 aromatic heterocycles. The molecule has 0 radical (unpaired) electrons. The van der Waals surface area contributed by atoms with Gasteiger partial charge < -0.3 is 21.5 Å². The molecule has 0 unspecified atom stereocenters. The molecule has 1 atom stereocenters. The third kappa shape index (κ3) is 6.96. The maximum absolute atomic E-state index is 11.8. The Bertz CT molecular complexity index is 487. The number of carbonyl (C=O) groups excluding carboxylic acids is 3. The fraction of sp³-hybridized carbons (Fsp3) is 0.538. The highest BCUT2D eigenvalue weighted by Crippen LogP contribution is 2.07. The molecule has 0 aromatic rings. The number of urea groups is 1. The molecule has 0 fully saturated rings. The van der Waals surface area contributed by atoms with Crippen molar-refractivity contribution >= 4 is 17.8 Å². The summed E-state index contributed by atoms with van der Waals surface area (Å²) < 4.78 is 4.80. The molecular formula is C13H20N4O4. The number of nitrogens with two attached hydrogens (primary N) is 2. The van der Waals surface area contributed by atoms with Crippen molar-refractivity contribution in [2.75, 3.05) is 6.61 Å². The number of Topliss-reactive ketones (excluding diaryl/α,β-unsaturated/α-hetero) is 1. The van der Waals surface area contributed by atoms with Gasteiger partial charge in [-0.1, -0.05) is 13.8 Å². The van der Waals surface area contributed by atoms with Crippen LogP contribution in [-0.4, -0.2) is 30.4 Å². The second-order valence-electron chi connectivity index (χ2n) is 4.89. The van der Waals surface area contributed by atoms with Gasteiger partial charge in [0, 0.05) is 5.70 Å². The number of amides is 2. The number of nitrogens with one attached hydrogen (secondary N) is 1. The zero-order chi connectivity index (χ0) is 16.6. The Balaban J connectivity index is 4.71. The van der Waals surface area contributed by atoms with Crippen LogP contribution in [0.3, 0.4) is 0 Å². The minimum Gasteiger partial charge on any atom is -0.456 e. The van der Waals surface area contributed by atoms with E-state index in [4.69, 9.17) is 21.5 Å². The van der Waals surface area contributed by atoms with E-state index in [2.05, 4.69) is 5.32 Å². The highest BCUT2D eigenvalue weighted by molar-refractivity contribution is 6.01. The van der Waals surface area contributed by atoms with Gasteiger partial charge in [-0.3, -0.25) is 4.79 Å². The SMILES string of the molecule is C/C(N)=C(\C#N)C(=O)COC(=O)[C@H](CC(C)C)NC(N)=O. The number of ketones is 1. The van der Waals surface area contributed by atoms with E-state index in [9.17, 15) is 14.4 Å². The third-order valence-electron chi connectivity index (χ3n) is 2.44. The first-order valence-electron chi connectivity index (χ1n) is 6.31. The molecule has 0 aliphatic heterocycles. The van der Waals surface area contributed by atoms with E-state index in [1.165, 1.54) is 6.92 Å². The number of carbonyl (C=O) groups is 3. The maximum Gasteiger partial charge on any atom is 0.329 e. The summed E-state index contributed by atoms with van der Waals surface area (Å²) in [4.78, 5) is 34.3. The van der Waals surface area contributed by atoms with Crippen LogP contribution < -0.4 is 16.8 Å². The van der Waals surface area contributed by atoms with Gasteiger partial charge >= 0.3 is 12.0 Å². The van der Waals surface area contributed by atoms with E-state index in [-0.39, 0.29) is 17.2 Å². The van der Waals surface area contributed by atoms with Crippen molar-refractivity contribution in [1.82, 2.24) is 5.32 Å². The minimum absolute atomic E-state index is 0.0486. The van der Waals surface area contributed by atoms with Gasteiger partial charge in [0.25, 0.3) is 0 Å². The lowest BCUT2D eigenvalue weighted by Crippen LogP contribution is -2.45. The van der Waals surface area contributed by atoms with Crippen LogP contribution in [-0.2, 0) is 14.3 Å². The van der Waals surface area contributed by atoms with Crippen LogP contribution in [0, 0.1) is 17.2 Å². The predicted octanol–water partition coefficient (Wildman–Crippen LogP) is -0.0620. The summed E-state index contributed by atoms with van der Waals surface area (Å²) in [5.74, 6) is -1.39. The molecule has 0 saturated heterocycles. The number of allylic oxidation sites excluding steroid dienone is 1. The number of nitriles is 1. The molecule has 0 heterocycles. The van der Waals surface area contributed by atoms with Gasteiger partial charge in [0.1, 0.15) is 17.7 Å². The lowest BCUT2D eigenvalue weighted by Gasteiger charge is -2.17. The van der Waals surface area contributed by atoms with Gasteiger partial charge in [-0.05, 0) is 19.3 Å². The number of ether oxygens (including phenoxy) is 1. The topological polar surface area (TPSA) is 148 Å². The summed E-state index contributed by atoms with van der Waals surface area (Å²) in [6.45, 7) is 4.48. The molecule has 0 rings (SSSR count). The Labute approximate surface area is 123 Å². The monoisotopic (exact) mass is 296 g/mol.